The SMILES string of the molecule is CCOC(=O)C(C)Oc1cc(OC)ccc1[C@@H](C)N. The number of methoxy groups -OCH3 is 1. The van der Waals surface area contributed by atoms with Crippen molar-refractivity contribution in [2.24, 2.45) is 5.73 Å². The van der Waals surface area contributed by atoms with Gasteiger partial charge in [-0.1, -0.05) is 6.07 Å². The van der Waals surface area contributed by atoms with Gasteiger partial charge in [0.25, 0.3) is 0 Å². The Hall–Kier alpha value is -1.75. The predicted molar refractivity (Wildman–Crippen MR) is 72.3 cm³/mol. The third-order valence-corrected chi connectivity index (χ3v) is 2.63. The normalized spacial score (nSPS) is 13.5. The van der Waals surface area contributed by atoms with Gasteiger partial charge in [-0.15, -0.1) is 0 Å². The van der Waals surface area contributed by atoms with Crippen molar-refractivity contribution < 1.29 is 19.0 Å². The van der Waals surface area contributed by atoms with Crippen LogP contribution >= 0.6 is 0 Å². The molecule has 1 unspecified atom stereocenters. The second-order valence-corrected chi connectivity index (χ2v) is 4.20. The Kier molecular flexibility index (Phi) is 5.63. The lowest BCUT2D eigenvalue weighted by Crippen LogP contribution is -2.26. The van der Waals surface area contributed by atoms with E-state index in [0.717, 1.165) is 5.56 Å². The average Bonchev–Trinajstić information content (AvgIpc) is 2.38. The Morgan fingerprint density at radius 1 is 1.37 bits per heavy atom. The summed E-state index contributed by atoms with van der Waals surface area (Å²) in [5.74, 6) is 0.784. The van der Waals surface area contributed by atoms with Crippen LogP contribution in [0.2, 0.25) is 0 Å². The first-order valence-corrected chi connectivity index (χ1v) is 6.26. The number of carbonyl (C=O) groups excluding carboxylic acids is 1. The number of hydrogen-bond acceptors (Lipinski definition) is 5. The molecule has 0 bridgehead atoms. The van der Waals surface area contributed by atoms with Crippen molar-refractivity contribution in [2.75, 3.05) is 13.7 Å². The molecule has 0 fully saturated rings. The maximum atomic E-state index is 11.6. The predicted octanol–water partition coefficient (Wildman–Crippen LogP) is 2.05. The van der Waals surface area contributed by atoms with E-state index in [4.69, 9.17) is 19.9 Å². The Balaban J connectivity index is 2.94. The van der Waals surface area contributed by atoms with E-state index in [0.29, 0.717) is 18.1 Å². The molecule has 5 heteroatoms. The number of hydrogen-bond donors (Lipinski definition) is 1. The fourth-order valence-electron chi connectivity index (χ4n) is 1.62. The van der Waals surface area contributed by atoms with Crippen LogP contribution in [-0.2, 0) is 9.53 Å². The molecule has 0 amide bonds. The van der Waals surface area contributed by atoms with Crippen LogP contribution in [0.1, 0.15) is 32.4 Å². The van der Waals surface area contributed by atoms with Gasteiger partial charge in [-0.3, -0.25) is 0 Å². The van der Waals surface area contributed by atoms with Crippen molar-refractivity contribution in [3.05, 3.63) is 23.8 Å². The molecular formula is C14H21NO4. The molecule has 5 nitrogen and oxygen atoms in total. The van der Waals surface area contributed by atoms with E-state index in [1.807, 2.05) is 13.0 Å². The molecule has 0 aliphatic carbocycles. The van der Waals surface area contributed by atoms with E-state index in [9.17, 15) is 4.79 Å². The molecule has 0 heterocycles. The van der Waals surface area contributed by atoms with Crippen molar-refractivity contribution in [1.82, 2.24) is 0 Å². The zero-order valence-corrected chi connectivity index (χ0v) is 11.8. The van der Waals surface area contributed by atoms with Crippen LogP contribution in [0.3, 0.4) is 0 Å². The minimum atomic E-state index is -0.690. The van der Waals surface area contributed by atoms with Crippen molar-refractivity contribution >= 4 is 5.97 Å². The van der Waals surface area contributed by atoms with Gasteiger partial charge in [-0.2, -0.15) is 0 Å². The van der Waals surface area contributed by atoms with Crippen LogP contribution in [0.5, 0.6) is 11.5 Å². The molecule has 0 spiro atoms. The molecule has 0 aliphatic heterocycles. The van der Waals surface area contributed by atoms with Gasteiger partial charge in [-0.25, -0.2) is 4.79 Å². The summed E-state index contributed by atoms with van der Waals surface area (Å²) >= 11 is 0. The summed E-state index contributed by atoms with van der Waals surface area (Å²) in [4.78, 5) is 11.6. The molecule has 0 saturated heterocycles. The van der Waals surface area contributed by atoms with Gasteiger partial charge in [0.05, 0.1) is 13.7 Å². The van der Waals surface area contributed by atoms with E-state index in [-0.39, 0.29) is 6.04 Å². The summed E-state index contributed by atoms with van der Waals surface area (Å²) in [6, 6.07) is 5.15. The molecule has 0 saturated carbocycles. The number of benzene rings is 1. The maximum Gasteiger partial charge on any atom is 0.347 e. The highest BCUT2D eigenvalue weighted by Crippen LogP contribution is 2.29. The second kappa shape index (κ2) is 6.99. The van der Waals surface area contributed by atoms with Crippen LogP contribution in [0.25, 0.3) is 0 Å². The molecular weight excluding hydrogens is 246 g/mol. The third kappa shape index (κ3) is 4.13. The molecule has 0 aromatic heterocycles. The highest BCUT2D eigenvalue weighted by molar-refractivity contribution is 5.74. The summed E-state index contributed by atoms with van der Waals surface area (Å²) in [5, 5.41) is 0. The summed E-state index contributed by atoms with van der Waals surface area (Å²) in [6.07, 6.45) is -0.690. The number of carbonyl (C=O) groups is 1. The standard InChI is InChI=1S/C14H21NO4/c1-5-18-14(16)10(3)19-13-8-11(17-4)6-7-12(13)9(2)15/h6-10H,5,15H2,1-4H3/t9-,10?/m1/s1. The minimum Gasteiger partial charge on any atom is -0.497 e. The van der Waals surface area contributed by atoms with Crippen LogP contribution in [0.4, 0.5) is 0 Å². The first-order chi connectivity index (χ1) is 8.99. The van der Waals surface area contributed by atoms with E-state index >= 15 is 0 Å². The van der Waals surface area contributed by atoms with Crippen molar-refractivity contribution in [2.45, 2.75) is 32.9 Å². The topological polar surface area (TPSA) is 70.8 Å². The van der Waals surface area contributed by atoms with Crippen molar-refractivity contribution in [1.29, 1.82) is 0 Å². The smallest absolute Gasteiger partial charge is 0.347 e. The molecule has 0 aliphatic rings. The minimum absolute atomic E-state index is 0.199. The first-order valence-electron chi connectivity index (χ1n) is 6.26. The fourth-order valence-corrected chi connectivity index (χ4v) is 1.62. The van der Waals surface area contributed by atoms with Gasteiger partial charge in [0, 0.05) is 17.7 Å². The molecule has 1 aromatic rings. The van der Waals surface area contributed by atoms with E-state index in [1.54, 1.807) is 33.1 Å². The summed E-state index contributed by atoms with van der Waals surface area (Å²) in [6.45, 7) is 5.57. The summed E-state index contributed by atoms with van der Waals surface area (Å²) in [7, 11) is 1.57. The summed E-state index contributed by atoms with van der Waals surface area (Å²) in [5.41, 5.74) is 6.70. The molecule has 19 heavy (non-hydrogen) atoms. The van der Waals surface area contributed by atoms with Gasteiger partial charge in [0.2, 0.25) is 0 Å². The van der Waals surface area contributed by atoms with Gasteiger partial charge in [0.1, 0.15) is 11.5 Å². The second-order valence-electron chi connectivity index (χ2n) is 4.20. The monoisotopic (exact) mass is 267 g/mol. The fraction of sp³-hybridized carbons (Fsp3) is 0.500. The Labute approximate surface area is 113 Å². The molecule has 106 valence electrons. The number of nitrogens with two attached hydrogens (primary N) is 1. The third-order valence-electron chi connectivity index (χ3n) is 2.63. The average molecular weight is 267 g/mol. The van der Waals surface area contributed by atoms with Crippen LogP contribution in [0, 0.1) is 0 Å². The lowest BCUT2D eigenvalue weighted by Gasteiger charge is -2.18. The highest BCUT2D eigenvalue weighted by Gasteiger charge is 2.19. The number of esters is 1. The number of ether oxygens (including phenoxy) is 3. The van der Waals surface area contributed by atoms with Crippen molar-refractivity contribution in [3.8, 4) is 11.5 Å². The molecule has 1 rings (SSSR count). The van der Waals surface area contributed by atoms with Gasteiger partial charge >= 0.3 is 5.97 Å². The zero-order chi connectivity index (χ0) is 14.4. The Morgan fingerprint density at radius 2 is 2.05 bits per heavy atom. The van der Waals surface area contributed by atoms with E-state index in [2.05, 4.69) is 0 Å². The molecule has 2 atom stereocenters. The van der Waals surface area contributed by atoms with Crippen molar-refractivity contribution in [3.63, 3.8) is 0 Å². The van der Waals surface area contributed by atoms with E-state index < -0.39 is 12.1 Å². The molecule has 1 aromatic carbocycles. The van der Waals surface area contributed by atoms with Crippen LogP contribution in [0.15, 0.2) is 18.2 Å². The quantitative estimate of drug-likeness (QED) is 0.799. The highest BCUT2D eigenvalue weighted by atomic mass is 16.6. The van der Waals surface area contributed by atoms with Crippen LogP contribution < -0.4 is 15.2 Å². The van der Waals surface area contributed by atoms with Gasteiger partial charge in [0.15, 0.2) is 6.10 Å². The lowest BCUT2D eigenvalue weighted by molar-refractivity contribution is -0.150. The summed E-state index contributed by atoms with van der Waals surface area (Å²) < 4.78 is 15.7. The van der Waals surface area contributed by atoms with Crippen LogP contribution in [-0.4, -0.2) is 25.8 Å². The van der Waals surface area contributed by atoms with Gasteiger partial charge in [-0.05, 0) is 26.8 Å². The van der Waals surface area contributed by atoms with E-state index in [1.165, 1.54) is 0 Å². The number of rotatable bonds is 6. The molecule has 0 radical (unpaired) electrons. The first kappa shape index (κ1) is 15.3. The largest absolute Gasteiger partial charge is 0.497 e. The lowest BCUT2D eigenvalue weighted by atomic mass is 10.1. The van der Waals surface area contributed by atoms with Gasteiger partial charge < -0.3 is 19.9 Å². The Bertz CT molecular complexity index is 431. The molecule has 2 N–H and O–H groups in total. The zero-order valence-electron chi connectivity index (χ0n) is 11.8. The Morgan fingerprint density at radius 3 is 2.58 bits per heavy atom. The maximum absolute atomic E-state index is 11.6.